The first-order valence-electron chi connectivity index (χ1n) is 4.19. The summed E-state index contributed by atoms with van der Waals surface area (Å²) >= 11 is 6.58. The molecule has 76 valence electrons. The summed E-state index contributed by atoms with van der Waals surface area (Å²) < 4.78 is 0. The van der Waals surface area contributed by atoms with Crippen LogP contribution in [-0.2, 0) is 5.33 Å². The average molecular weight is 321 g/mol. The van der Waals surface area contributed by atoms with Crippen molar-refractivity contribution in [1.29, 1.82) is 0 Å². The minimum atomic E-state index is -0.199. The zero-order valence-electron chi connectivity index (χ0n) is 7.76. The Balaban J connectivity index is 3.12. The van der Waals surface area contributed by atoms with Crippen LogP contribution in [0.1, 0.15) is 22.8 Å². The molecular weight excluding hydrogens is 310 g/mol. The predicted molar refractivity (Wildman–Crippen MR) is 66.2 cm³/mol. The summed E-state index contributed by atoms with van der Waals surface area (Å²) in [5.41, 5.74) is 7.90. The molecule has 0 heterocycles. The van der Waals surface area contributed by atoms with Crippen LogP contribution >= 0.6 is 31.9 Å². The number of anilines is 1. The molecule has 0 bridgehead atoms. The van der Waals surface area contributed by atoms with Crippen molar-refractivity contribution in [3.8, 4) is 0 Å². The summed E-state index contributed by atoms with van der Waals surface area (Å²) in [6.45, 7) is 1.79. The number of ketones is 1. The van der Waals surface area contributed by atoms with E-state index in [0.29, 0.717) is 11.3 Å². The summed E-state index contributed by atoms with van der Waals surface area (Å²) in [5, 5.41) is 0.726. The number of alkyl halides is 2. The first kappa shape index (κ1) is 11.7. The second kappa shape index (κ2) is 4.94. The third-order valence-electron chi connectivity index (χ3n) is 1.90. The number of Topliss-reactive ketones (excluding diaryl/α,β-unsaturated/α-hetero) is 1. The van der Waals surface area contributed by atoms with Gasteiger partial charge in [0.25, 0.3) is 0 Å². The lowest BCUT2D eigenvalue weighted by Crippen LogP contribution is -2.12. The van der Waals surface area contributed by atoms with Gasteiger partial charge in [-0.15, -0.1) is 0 Å². The molecule has 0 saturated heterocycles. The minimum absolute atomic E-state index is 0.0188. The molecule has 1 aromatic carbocycles. The van der Waals surface area contributed by atoms with Gasteiger partial charge in [-0.1, -0.05) is 37.9 Å². The van der Waals surface area contributed by atoms with Crippen molar-refractivity contribution >= 4 is 43.3 Å². The standard InChI is InChI=1S/C10H11Br2NO/c1-6(12)10(14)8-4-7(5-11)2-3-9(8)13/h2-4,6H,5,13H2,1H3. The van der Waals surface area contributed by atoms with Gasteiger partial charge in [0.2, 0.25) is 0 Å². The second-order valence-corrected chi connectivity index (χ2v) is 4.97. The van der Waals surface area contributed by atoms with Crippen molar-refractivity contribution in [2.45, 2.75) is 17.1 Å². The van der Waals surface area contributed by atoms with Crippen molar-refractivity contribution in [3.63, 3.8) is 0 Å². The quantitative estimate of drug-likeness (QED) is 0.528. The fourth-order valence-corrected chi connectivity index (χ4v) is 1.71. The molecule has 0 aliphatic rings. The molecule has 0 saturated carbocycles. The number of nitrogen functional groups attached to an aromatic ring is 1. The molecule has 0 aliphatic heterocycles. The van der Waals surface area contributed by atoms with Gasteiger partial charge in [-0.05, 0) is 24.6 Å². The van der Waals surface area contributed by atoms with Crippen LogP contribution in [0.25, 0.3) is 0 Å². The maximum Gasteiger partial charge on any atom is 0.178 e. The summed E-state index contributed by atoms with van der Waals surface area (Å²) in [7, 11) is 0. The lowest BCUT2D eigenvalue weighted by Gasteiger charge is -2.07. The van der Waals surface area contributed by atoms with Crippen molar-refractivity contribution < 1.29 is 4.79 Å². The molecule has 0 spiro atoms. The van der Waals surface area contributed by atoms with Crippen LogP contribution in [0.15, 0.2) is 18.2 Å². The Morgan fingerprint density at radius 1 is 1.57 bits per heavy atom. The van der Waals surface area contributed by atoms with Crippen LogP contribution in [0.5, 0.6) is 0 Å². The molecule has 1 unspecified atom stereocenters. The average Bonchev–Trinajstić information content (AvgIpc) is 2.17. The number of carbonyl (C=O) groups is 1. The molecule has 2 nitrogen and oxygen atoms in total. The number of benzene rings is 1. The predicted octanol–water partition coefficient (Wildman–Crippen LogP) is 3.13. The van der Waals surface area contributed by atoms with E-state index >= 15 is 0 Å². The first-order valence-corrected chi connectivity index (χ1v) is 6.22. The molecule has 0 fully saturated rings. The Bertz CT molecular complexity index is 350. The third kappa shape index (κ3) is 2.58. The lowest BCUT2D eigenvalue weighted by atomic mass is 10.0. The molecule has 4 heteroatoms. The molecule has 1 atom stereocenters. The Morgan fingerprint density at radius 3 is 2.71 bits per heavy atom. The van der Waals surface area contributed by atoms with E-state index in [1.54, 1.807) is 13.0 Å². The van der Waals surface area contributed by atoms with Gasteiger partial charge in [0.05, 0.1) is 4.83 Å². The van der Waals surface area contributed by atoms with Crippen LogP contribution in [0.2, 0.25) is 0 Å². The molecule has 0 amide bonds. The first-order chi connectivity index (χ1) is 6.56. The van der Waals surface area contributed by atoms with Crippen LogP contribution in [0, 0.1) is 0 Å². The fraction of sp³-hybridized carbons (Fsp3) is 0.300. The molecule has 14 heavy (non-hydrogen) atoms. The monoisotopic (exact) mass is 319 g/mol. The zero-order chi connectivity index (χ0) is 10.7. The van der Waals surface area contributed by atoms with Crippen LogP contribution < -0.4 is 5.73 Å². The number of halogens is 2. The van der Waals surface area contributed by atoms with Gasteiger partial charge in [-0.3, -0.25) is 4.79 Å². The lowest BCUT2D eigenvalue weighted by molar-refractivity contribution is 0.0996. The largest absolute Gasteiger partial charge is 0.398 e. The Kier molecular flexibility index (Phi) is 4.13. The van der Waals surface area contributed by atoms with Gasteiger partial charge in [0.15, 0.2) is 5.78 Å². The topological polar surface area (TPSA) is 43.1 Å². The number of rotatable bonds is 3. The number of carbonyl (C=O) groups excluding carboxylic acids is 1. The highest BCUT2D eigenvalue weighted by atomic mass is 79.9. The van der Waals surface area contributed by atoms with E-state index in [9.17, 15) is 4.79 Å². The van der Waals surface area contributed by atoms with Crippen molar-refractivity contribution in [3.05, 3.63) is 29.3 Å². The van der Waals surface area contributed by atoms with Gasteiger partial charge in [0.1, 0.15) is 0 Å². The van der Waals surface area contributed by atoms with Crippen LogP contribution in [0.3, 0.4) is 0 Å². The van der Waals surface area contributed by atoms with Gasteiger partial charge in [-0.2, -0.15) is 0 Å². The maximum absolute atomic E-state index is 11.7. The summed E-state index contributed by atoms with van der Waals surface area (Å²) in [6, 6.07) is 5.49. The molecule has 1 rings (SSSR count). The number of hydrogen-bond donors (Lipinski definition) is 1. The minimum Gasteiger partial charge on any atom is -0.398 e. The molecule has 2 N–H and O–H groups in total. The maximum atomic E-state index is 11.7. The van der Waals surface area contributed by atoms with Crippen LogP contribution in [-0.4, -0.2) is 10.6 Å². The Morgan fingerprint density at radius 2 is 2.21 bits per heavy atom. The summed E-state index contributed by atoms with van der Waals surface area (Å²) in [5.74, 6) is 0.0188. The van der Waals surface area contributed by atoms with Gasteiger partial charge in [0, 0.05) is 16.6 Å². The van der Waals surface area contributed by atoms with Crippen LogP contribution in [0.4, 0.5) is 5.69 Å². The van der Waals surface area contributed by atoms with Gasteiger partial charge < -0.3 is 5.73 Å². The molecule has 0 aromatic heterocycles. The zero-order valence-corrected chi connectivity index (χ0v) is 10.9. The van der Waals surface area contributed by atoms with Crippen molar-refractivity contribution in [2.75, 3.05) is 5.73 Å². The second-order valence-electron chi connectivity index (χ2n) is 3.04. The highest BCUT2D eigenvalue weighted by Crippen LogP contribution is 2.19. The molecule has 1 aromatic rings. The summed E-state index contributed by atoms with van der Waals surface area (Å²) in [6.07, 6.45) is 0. The molecule has 0 radical (unpaired) electrons. The SMILES string of the molecule is CC(Br)C(=O)c1cc(CBr)ccc1N. The smallest absolute Gasteiger partial charge is 0.178 e. The number of hydrogen-bond acceptors (Lipinski definition) is 2. The van der Waals surface area contributed by atoms with Crippen molar-refractivity contribution in [2.24, 2.45) is 0 Å². The third-order valence-corrected chi connectivity index (χ3v) is 2.96. The van der Waals surface area contributed by atoms with Crippen molar-refractivity contribution in [1.82, 2.24) is 0 Å². The van der Waals surface area contributed by atoms with E-state index in [1.165, 1.54) is 0 Å². The van der Waals surface area contributed by atoms with E-state index in [-0.39, 0.29) is 10.6 Å². The van der Waals surface area contributed by atoms with E-state index in [2.05, 4.69) is 31.9 Å². The number of nitrogens with two attached hydrogens (primary N) is 1. The highest BCUT2D eigenvalue weighted by Gasteiger charge is 2.14. The van der Waals surface area contributed by atoms with Gasteiger partial charge in [-0.25, -0.2) is 0 Å². The normalized spacial score (nSPS) is 12.5. The Labute approximate surface area is 100 Å². The van der Waals surface area contributed by atoms with E-state index in [0.717, 1.165) is 10.9 Å². The van der Waals surface area contributed by atoms with Gasteiger partial charge >= 0.3 is 0 Å². The summed E-state index contributed by atoms with van der Waals surface area (Å²) in [4.78, 5) is 11.5. The van der Waals surface area contributed by atoms with E-state index in [4.69, 9.17) is 5.73 Å². The van der Waals surface area contributed by atoms with E-state index < -0.39 is 0 Å². The Hall–Kier alpha value is -0.350. The van der Waals surface area contributed by atoms with E-state index in [1.807, 2.05) is 12.1 Å². The fourth-order valence-electron chi connectivity index (χ4n) is 1.11. The highest BCUT2D eigenvalue weighted by molar-refractivity contribution is 9.10. The molecular formula is C10H11Br2NO. The molecule has 0 aliphatic carbocycles.